The van der Waals surface area contributed by atoms with E-state index in [2.05, 4.69) is 0 Å². The minimum atomic E-state index is -1.04. The predicted molar refractivity (Wildman–Crippen MR) is 101 cm³/mol. The molecule has 0 atom stereocenters. The maximum atomic E-state index is 14.1. The van der Waals surface area contributed by atoms with Gasteiger partial charge in [0, 0.05) is 5.56 Å². The molecule has 0 unspecified atom stereocenters. The first-order valence-electron chi connectivity index (χ1n) is 8.37. The molecule has 1 aliphatic rings. The third-order valence-electron chi connectivity index (χ3n) is 4.23. The Hall–Kier alpha value is -3.88. The van der Waals surface area contributed by atoms with Gasteiger partial charge in [-0.15, -0.1) is 0 Å². The highest BCUT2D eigenvalue weighted by atomic mass is 19.1. The first-order valence-corrected chi connectivity index (χ1v) is 8.37. The molecule has 0 bridgehead atoms. The summed E-state index contributed by atoms with van der Waals surface area (Å²) in [4.78, 5) is 38.0. The quantitative estimate of drug-likeness (QED) is 0.612. The average Bonchev–Trinajstić information content (AvgIpc) is 2.71. The normalized spacial score (nSPS) is 15.4. The van der Waals surface area contributed by atoms with E-state index in [0.717, 1.165) is 6.07 Å². The zero-order valence-corrected chi connectivity index (χ0v) is 15.8. The first kappa shape index (κ1) is 19.9. The lowest BCUT2D eigenvalue weighted by Crippen LogP contribution is -2.54. The van der Waals surface area contributed by atoms with Crippen LogP contribution in [0.15, 0.2) is 42.0 Å². The van der Waals surface area contributed by atoms with Gasteiger partial charge in [0.05, 0.1) is 27.0 Å². The molecule has 150 valence electrons. The summed E-state index contributed by atoms with van der Waals surface area (Å²) in [5.41, 5.74) is -0.322. The predicted octanol–water partition coefficient (Wildman–Crippen LogP) is 2.52. The highest BCUT2D eigenvalue weighted by Crippen LogP contribution is 2.40. The van der Waals surface area contributed by atoms with Crippen LogP contribution in [-0.2, 0) is 9.59 Å². The second-order valence-electron chi connectivity index (χ2n) is 5.83. The Morgan fingerprint density at radius 3 is 2.24 bits per heavy atom. The van der Waals surface area contributed by atoms with Crippen LogP contribution in [0.3, 0.4) is 0 Å². The number of para-hydroxylation sites is 1. The number of urea groups is 1. The molecule has 8 nitrogen and oxygen atoms in total. The van der Waals surface area contributed by atoms with E-state index in [0.29, 0.717) is 16.2 Å². The van der Waals surface area contributed by atoms with E-state index >= 15 is 0 Å². The molecule has 1 N–H and O–H groups in total. The number of hydrogen-bond donors (Lipinski definition) is 1. The van der Waals surface area contributed by atoms with E-state index in [1.165, 1.54) is 45.6 Å². The van der Waals surface area contributed by atoms with Crippen molar-refractivity contribution in [3.8, 4) is 17.2 Å². The summed E-state index contributed by atoms with van der Waals surface area (Å²) in [6.45, 7) is 0. The zero-order valence-electron chi connectivity index (χ0n) is 15.8. The third-order valence-corrected chi connectivity index (χ3v) is 4.23. The van der Waals surface area contributed by atoms with Gasteiger partial charge >= 0.3 is 6.03 Å². The number of ether oxygens (including phenoxy) is 3. The molecule has 2 aromatic carbocycles. The molecule has 4 amide bonds. The summed E-state index contributed by atoms with van der Waals surface area (Å²) >= 11 is 0. The molecular formula is C20H17FN2O6. The average molecular weight is 400 g/mol. The number of carbonyl (C=O) groups is 3. The topological polar surface area (TPSA) is 94.2 Å². The van der Waals surface area contributed by atoms with E-state index in [1.807, 2.05) is 5.32 Å². The highest BCUT2D eigenvalue weighted by Gasteiger charge is 2.38. The fraction of sp³-hybridized carbons (Fsp3) is 0.150. The SMILES string of the molecule is COc1ccc(C=C2C(=O)NC(=O)N(c3ccccc3F)C2=O)c(OC)c1OC. The van der Waals surface area contributed by atoms with Gasteiger partial charge in [0.25, 0.3) is 11.8 Å². The number of nitrogens with one attached hydrogen (secondary N) is 1. The number of amides is 4. The Labute approximate surface area is 165 Å². The lowest BCUT2D eigenvalue weighted by atomic mass is 10.0. The third kappa shape index (κ3) is 3.49. The highest BCUT2D eigenvalue weighted by molar-refractivity contribution is 6.39. The molecule has 0 spiro atoms. The van der Waals surface area contributed by atoms with Crippen molar-refractivity contribution in [1.29, 1.82) is 0 Å². The molecule has 2 aromatic rings. The van der Waals surface area contributed by atoms with Gasteiger partial charge in [0.2, 0.25) is 5.75 Å². The number of hydrogen-bond acceptors (Lipinski definition) is 6. The molecule has 0 aromatic heterocycles. The first-order chi connectivity index (χ1) is 13.9. The van der Waals surface area contributed by atoms with E-state index in [-0.39, 0.29) is 22.8 Å². The van der Waals surface area contributed by atoms with Gasteiger partial charge in [-0.3, -0.25) is 14.9 Å². The summed E-state index contributed by atoms with van der Waals surface area (Å²) in [5, 5.41) is 2.04. The summed E-state index contributed by atoms with van der Waals surface area (Å²) in [6, 6.07) is 7.33. The number of nitrogens with zero attached hydrogens (tertiary/aromatic N) is 1. The van der Waals surface area contributed by atoms with Crippen LogP contribution in [0.2, 0.25) is 0 Å². The Bertz CT molecular complexity index is 1030. The van der Waals surface area contributed by atoms with Crippen molar-refractivity contribution in [1.82, 2.24) is 5.32 Å². The second-order valence-corrected chi connectivity index (χ2v) is 5.83. The number of rotatable bonds is 5. The summed E-state index contributed by atoms with van der Waals surface area (Å²) in [6.07, 6.45) is 1.23. The summed E-state index contributed by atoms with van der Waals surface area (Å²) in [7, 11) is 4.25. The lowest BCUT2D eigenvalue weighted by Gasteiger charge is -2.26. The molecule has 0 aliphatic carbocycles. The molecular weight excluding hydrogens is 383 g/mol. The van der Waals surface area contributed by atoms with Gasteiger partial charge in [0.15, 0.2) is 11.5 Å². The van der Waals surface area contributed by atoms with Gasteiger partial charge in [-0.2, -0.15) is 0 Å². The van der Waals surface area contributed by atoms with E-state index in [4.69, 9.17) is 14.2 Å². The maximum absolute atomic E-state index is 14.1. The molecule has 0 saturated carbocycles. The van der Waals surface area contributed by atoms with Crippen molar-refractivity contribution >= 4 is 29.6 Å². The number of anilines is 1. The number of methoxy groups -OCH3 is 3. The second kappa shape index (κ2) is 8.01. The van der Waals surface area contributed by atoms with Crippen LogP contribution in [0.4, 0.5) is 14.9 Å². The van der Waals surface area contributed by atoms with Crippen molar-refractivity contribution in [2.24, 2.45) is 0 Å². The molecule has 1 saturated heterocycles. The fourth-order valence-electron chi connectivity index (χ4n) is 2.90. The van der Waals surface area contributed by atoms with Gasteiger partial charge in [-0.1, -0.05) is 12.1 Å². The van der Waals surface area contributed by atoms with Crippen LogP contribution in [0.25, 0.3) is 6.08 Å². The van der Waals surface area contributed by atoms with Crippen molar-refractivity contribution in [2.45, 2.75) is 0 Å². The molecule has 1 fully saturated rings. The zero-order chi connectivity index (χ0) is 21.1. The molecule has 0 radical (unpaired) electrons. The van der Waals surface area contributed by atoms with Gasteiger partial charge in [-0.25, -0.2) is 14.1 Å². The Kier molecular flexibility index (Phi) is 5.49. The van der Waals surface area contributed by atoms with Crippen LogP contribution in [0.5, 0.6) is 17.2 Å². The monoisotopic (exact) mass is 400 g/mol. The molecule has 1 aliphatic heterocycles. The minimum Gasteiger partial charge on any atom is -0.493 e. The van der Waals surface area contributed by atoms with Crippen molar-refractivity contribution in [3.63, 3.8) is 0 Å². The Balaban J connectivity index is 2.12. The van der Waals surface area contributed by atoms with Crippen molar-refractivity contribution < 1.29 is 33.0 Å². The van der Waals surface area contributed by atoms with Crippen molar-refractivity contribution in [3.05, 3.63) is 53.4 Å². The van der Waals surface area contributed by atoms with Gasteiger partial charge in [-0.05, 0) is 30.3 Å². The van der Waals surface area contributed by atoms with E-state index in [9.17, 15) is 18.8 Å². The van der Waals surface area contributed by atoms with Crippen LogP contribution < -0.4 is 24.4 Å². The smallest absolute Gasteiger partial charge is 0.336 e. The Morgan fingerprint density at radius 2 is 1.62 bits per heavy atom. The largest absolute Gasteiger partial charge is 0.493 e. The van der Waals surface area contributed by atoms with Gasteiger partial charge in [0.1, 0.15) is 11.4 Å². The van der Waals surface area contributed by atoms with Crippen molar-refractivity contribution in [2.75, 3.05) is 26.2 Å². The molecule has 29 heavy (non-hydrogen) atoms. The number of imide groups is 2. The van der Waals surface area contributed by atoms with Crippen LogP contribution in [0, 0.1) is 5.82 Å². The van der Waals surface area contributed by atoms with Crippen LogP contribution >= 0.6 is 0 Å². The standard InChI is InChI=1S/C20H17FN2O6/c1-27-15-9-8-11(16(28-2)17(15)29-3)10-12-18(24)22-20(26)23(19(12)25)14-7-5-4-6-13(14)21/h4-10H,1-3H3,(H,22,24,26). The molecule has 9 heteroatoms. The number of halogens is 1. The fourth-order valence-corrected chi connectivity index (χ4v) is 2.90. The van der Waals surface area contributed by atoms with Gasteiger partial charge < -0.3 is 14.2 Å². The Morgan fingerprint density at radius 1 is 0.931 bits per heavy atom. The van der Waals surface area contributed by atoms with E-state index < -0.39 is 23.7 Å². The van der Waals surface area contributed by atoms with Crippen LogP contribution in [0.1, 0.15) is 5.56 Å². The minimum absolute atomic E-state index is 0.217. The summed E-state index contributed by atoms with van der Waals surface area (Å²) in [5.74, 6) is -1.81. The summed E-state index contributed by atoms with van der Waals surface area (Å²) < 4.78 is 30.0. The lowest BCUT2D eigenvalue weighted by molar-refractivity contribution is -0.122. The maximum Gasteiger partial charge on any atom is 0.336 e. The number of benzene rings is 2. The van der Waals surface area contributed by atoms with Crippen LogP contribution in [-0.4, -0.2) is 39.2 Å². The number of barbiturate groups is 1. The molecule has 3 rings (SSSR count). The molecule has 1 heterocycles. The van der Waals surface area contributed by atoms with E-state index in [1.54, 1.807) is 12.1 Å². The number of carbonyl (C=O) groups excluding carboxylic acids is 3.